The van der Waals surface area contributed by atoms with Crippen LogP contribution in [0.4, 0.5) is 0 Å². The fourth-order valence-corrected chi connectivity index (χ4v) is 2.10. The maximum Gasteiger partial charge on any atom is 0.181 e. The lowest BCUT2D eigenvalue weighted by Gasteiger charge is -2.06. The average molecular weight is 180 g/mol. The van der Waals surface area contributed by atoms with E-state index in [1.807, 2.05) is 7.05 Å². The third-order valence-corrected chi connectivity index (χ3v) is 2.74. The molecule has 1 heterocycles. The van der Waals surface area contributed by atoms with Crippen LogP contribution in [0.5, 0.6) is 0 Å². The second kappa shape index (κ2) is 3.92. The number of nitrogens with one attached hydrogen (secondary N) is 1. The molecule has 1 fully saturated rings. The van der Waals surface area contributed by atoms with Gasteiger partial charge in [0.05, 0.1) is 5.69 Å². The van der Waals surface area contributed by atoms with E-state index < -0.39 is 0 Å². The van der Waals surface area contributed by atoms with Gasteiger partial charge in [-0.3, -0.25) is 0 Å². The van der Waals surface area contributed by atoms with E-state index in [-0.39, 0.29) is 0 Å². The molecule has 0 spiro atoms. The van der Waals surface area contributed by atoms with E-state index in [1.165, 1.54) is 25.7 Å². The van der Waals surface area contributed by atoms with Crippen molar-refractivity contribution >= 4 is 0 Å². The second-order valence-electron chi connectivity index (χ2n) is 3.68. The lowest BCUT2D eigenvalue weighted by atomic mass is 10.0. The van der Waals surface area contributed by atoms with Crippen molar-refractivity contribution in [3.8, 4) is 0 Å². The van der Waals surface area contributed by atoms with Crippen LogP contribution in [0.2, 0.25) is 0 Å². The highest BCUT2D eigenvalue weighted by Crippen LogP contribution is 2.35. The van der Waals surface area contributed by atoms with Gasteiger partial charge in [0.1, 0.15) is 5.76 Å². The summed E-state index contributed by atoms with van der Waals surface area (Å²) in [6.07, 6.45) is 6.78. The van der Waals surface area contributed by atoms with Crippen LogP contribution in [0.3, 0.4) is 0 Å². The molecule has 1 aromatic heterocycles. The van der Waals surface area contributed by atoms with Crippen molar-refractivity contribution < 1.29 is 4.42 Å². The summed E-state index contributed by atoms with van der Waals surface area (Å²) in [6, 6.07) is 0. The summed E-state index contributed by atoms with van der Waals surface area (Å²) in [4.78, 5) is 4.22. The first-order valence-electron chi connectivity index (χ1n) is 4.98. The van der Waals surface area contributed by atoms with Crippen molar-refractivity contribution in [2.45, 2.75) is 38.1 Å². The Labute approximate surface area is 78.5 Å². The van der Waals surface area contributed by atoms with Crippen molar-refractivity contribution in [2.75, 3.05) is 7.05 Å². The molecule has 0 aliphatic heterocycles. The summed E-state index contributed by atoms with van der Waals surface area (Å²) < 4.78 is 5.45. The van der Waals surface area contributed by atoms with Gasteiger partial charge >= 0.3 is 0 Å². The van der Waals surface area contributed by atoms with Crippen molar-refractivity contribution in [1.82, 2.24) is 10.3 Å². The third kappa shape index (κ3) is 1.75. The minimum absolute atomic E-state index is 0.630. The Morgan fingerprint density at radius 3 is 3.00 bits per heavy atom. The highest BCUT2D eigenvalue weighted by Gasteiger charge is 2.23. The van der Waals surface area contributed by atoms with Gasteiger partial charge in [0.15, 0.2) is 6.39 Å². The van der Waals surface area contributed by atoms with Crippen LogP contribution >= 0.6 is 0 Å². The van der Waals surface area contributed by atoms with E-state index in [0.29, 0.717) is 5.92 Å². The largest absolute Gasteiger partial charge is 0.448 e. The van der Waals surface area contributed by atoms with E-state index in [0.717, 1.165) is 18.0 Å². The third-order valence-electron chi connectivity index (χ3n) is 2.74. The Morgan fingerprint density at radius 2 is 2.31 bits per heavy atom. The van der Waals surface area contributed by atoms with E-state index in [4.69, 9.17) is 4.42 Å². The zero-order valence-electron chi connectivity index (χ0n) is 8.05. The van der Waals surface area contributed by atoms with E-state index in [1.54, 1.807) is 6.39 Å². The van der Waals surface area contributed by atoms with E-state index in [2.05, 4.69) is 10.3 Å². The predicted molar refractivity (Wildman–Crippen MR) is 50.5 cm³/mol. The van der Waals surface area contributed by atoms with Crippen molar-refractivity contribution in [3.05, 3.63) is 17.8 Å². The van der Waals surface area contributed by atoms with Crippen molar-refractivity contribution in [3.63, 3.8) is 0 Å². The predicted octanol–water partition coefficient (Wildman–Crippen LogP) is 2.05. The van der Waals surface area contributed by atoms with Crippen LogP contribution in [0.25, 0.3) is 0 Å². The first kappa shape index (κ1) is 8.75. The maximum atomic E-state index is 5.45. The highest BCUT2D eigenvalue weighted by molar-refractivity contribution is 5.13. The van der Waals surface area contributed by atoms with Crippen LogP contribution in [0.1, 0.15) is 43.1 Å². The Kier molecular flexibility index (Phi) is 2.64. The van der Waals surface area contributed by atoms with Crippen LogP contribution < -0.4 is 5.32 Å². The molecule has 13 heavy (non-hydrogen) atoms. The molecule has 1 saturated carbocycles. The molecule has 1 aromatic rings. The Balaban J connectivity index is 2.13. The van der Waals surface area contributed by atoms with Crippen LogP contribution in [-0.4, -0.2) is 12.0 Å². The number of nitrogens with zero attached hydrogens (tertiary/aromatic N) is 1. The van der Waals surface area contributed by atoms with Gasteiger partial charge in [-0.15, -0.1) is 0 Å². The monoisotopic (exact) mass is 180 g/mol. The summed E-state index contributed by atoms with van der Waals surface area (Å²) in [5, 5.41) is 3.11. The molecule has 3 heteroatoms. The molecule has 0 amide bonds. The highest BCUT2D eigenvalue weighted by atomic mass is 16.3. The summed E-state index contributed by atoms with van der Waals surface area (Å²) in [7, 11) is 1.94. The quantitative estimate of drug-likeness (QED) is 0.773. The lowest BCUT2D eigenvalue weighted by Crippen LogP contribution is -2.08. The molecule has 1 aliphatic carbocycles. The fraction of sp³-hybridized carbons (Fsp3) is 0.700. The SMILES string of the molecule is CNCc1ncoc1C1CCCC1. The van der Waals surface area contributed by atoms with Gasteiger partial charge in [-0.05, 0) is 19.9 Å². The van der Waals surface area contributed by atoms with Gasteiger partial charge in [0.25, 0.3) is 0 Å². The fourth-order valence-electron chi connectivity index (χ4n) is 2.10. The molecule has 72 valence electrons. The molecule has 0 bridgehead atoms. The molecule has 0 atom stereocenters. The van der Waals surface area contributed by atoms with Crippen LogP contribution in [0.15, 0.2) is 10.8 Å². The standard InChI is InChI=1S/C10H16N2O/c1-11-6-9-10(13-7-12-9)8-4-2-3-5-8/h7-8,11H,2-6H2,1H3. The normalized spacial score (nSPS) is 18.2. The topological polar surface area (TPSA) is 38.1 Å². The lowest BCUT2D eigenvalue weighted by molar-refractivity contribution is 0.456. The Hall–Kier alpha value is -0.830. The molecule has 0 unspecified atom stereocenters. The van der Waals surface area contributed by atoms with Crippen LogP contribution in [0, 0.1) is 0 Å². The number of hydrogen-bond donors (Lipinski definition) is 1. The smallest absolute Gasteiger partial charge is 0.181 e. The minimum Gasteiger partial charge on any atom is -0.448 e. The molecule has 0 saturated heterocycles. The van der Waals surface area contributed by atoms with E-state index >= 15 is 0 Å². The minimum atomic E-state index is 0.630. The van der Waals surface area contributed by atoms with Crippen molar-refractivity contribution in [1.29, 1.82) is 0 Å². The number of oxazole rings is 1. The maximum absolute atomic E-state index is 5.45. The van der Waals surface area contributed by atoms with Gasteiger partial charge in [0.2, 0.25) is 0 Å². The molecule has 1 N–H and O–H groups in total. The zero-order valence-corrected chi connectivity index (χ0v) is 8.05. The van der Waals surface area contributed by atoms with Gasteiger partial charge in [0, 0.05) is 12.5 Å². The molecule has 0 aromatic carbocycles. The van der Waals surface area contributed by atoms with Gasteiger partial charge in [-0.2, -0.15) is 0 Å². The Bertz CT molecular complexity index is 264. The van der Waals surface area contributed by atoms with E-state index in [9.17, 15) is 0 Å². The number of aromatic nitrogens is 1. The first-order valence-corrected chi connectivity index (χ1v) is 4.98. The van der Waals surface area contributed by atoms with Crippen molar-refractivity contribution in [2.24, 2.45) is 0 Å². The zero-order chi connectivity index (χ0) is 9.10. The van der Waals surface area contributed by atoms with Gasteiger partial charge in [-0.25, -0.2) is 4.98 Å². The average Bonchev–Trinajstić information content (AvgIpc) is 2.71. The first-order chi connectivity index (χ1) is 6.42. The summed E-state index contributed by atoms with van der Waals surface area (Å²) in [5.41, 5.74) is 1.09. The molecule has 0 radical (unpaired) electrons. The van der Waals surface area contributed by atoms with Gasteiger partial charge < -0.3 is 9.73 Å². The van der Waals surface area contributed by atoms with Gasteiger partial charge in [-0.1, -0.05) is 12.8 Å². The molecule has 3 nitrogen and oxygen atoms in total. The van der Waals surface area contributed by atoms with Crippen LogP contribution in [-0.2, 0) is 6.54 Å². The summed E-state index contributed by atoms with van der Waals surface area (Å²) in [6.45, 7) is 0.822. The number of hydrogen-bond acceptors (Lipinski definition) is 3. The molecular formula is C10H16N2O. The second-order valence-corrected chi connectivity index (χ2v) is 3.68. The molecule has 1 aliphatic rings. The summed E-state index contributed by atoms with van der Waals surface area (Å²) >= 11 is 0. The molecule has 2 rings (SSSR count). The molecular weight excluding hydrogens is 164 g/mol. The number of rotatable bonds is 3. The Morgan fingerprint density at radius 1 is 1.54 bits per heavy atom. The summed E-state index contributed by atoms with van der Waals surface area (Å²) in [5.74, 6) is 1.75.